The van der Waals surface area contributed by atoms with Crippen molar-refractivity contribution < 1.29 is 4.79 Å². The van der Waals surface area contributed by atoms with Gasteiger partial charge < -0.3 is 10.6 Å². The highest BCUT2D eigenvalue weighted by atomic mass is 16.1. The molecule has 1 amide bonds. The summed E-state index contributed by atoms with van der Waals surface area (Å²) in [6.07, 6.45) is 4.13. The van der Waals surface area contributed by atoms with Gasteiger partial charge in [-0.3, -0.25) is 4.79 Å². The highest BCUT2D eigenvalue weighted by Crippen LogP contribution is 2.22. The number of nitrogens with one attached hydrogen (secondary N) is 2. The Morgan fingerprint density at radius 1 is 1.11 bits per heavy atom. The van der Waals surface area contributed by atoms with E-state index in [2.05, 4.69) is 49.6 Å². The summed E-state index contributed by atoms with van der Waals surface area (Å²) in [4.78, 5) is 11.9. The molecule has 0 aromatic heterocycles. The van der Waals surface area contributed by atoms with Crippen LogP contribution in [0.5, 0.6) is 0 Å². The third-order valence-corrected chi connectivity index (χ3v) is 3.26. The first-order valence-electron chi connectivity index (χ1n) is 7.34. The minimum Gasteiger partial charge on any atom is -0.324 e. The molecule has 19 heavy (non-hydrogen) atoms. The fraction of sp³-hybridized carbons (Fsp3) is 0.562. The van der Waals surface area contributed by atoms with Crippen LogP contribution in [0.15, 0.2) is 18.2 Å². The maximum absolute atomic E-state index is 11.9. The van der Waals surface area contributed by atoms with Gasteiger partial charge in [-0.2, -0.15) is 0 Å². The molecule has 3 nitrogen and oxygen atoms in total. The molecule has 0 radical (unpaired) electrons. The number of aryl methyl sites for hydroxylation is 2. The summed E-state index contributed by atoms with van der Waals surface area (Å²) in [7, 11) is 0. The number of hydrogen-bond donors (Lipinski definition) is 2. The second-order valence-corrected chi connectivity index (χ2v) is 4.74. The van der Waals surface area contributed by atoms with Crippen LogP contribution in [-0.4, -0.2) is 19.0 Å². The van der Waals surface area contributed by atoms with E-state index in [-0.39, 0.29) is 5.91 Å². The molecule has 0 heterocycles. The first-order valence-corrected chi connectivity index (χ1v) is 7.34. The van der Waals surface area contributed by atoms with E-state index >= 15 is 0 Å². The lowest BCUT2D eigenvalue weighted by molar-refractivity contribution is -0.115. The predicted molar refractivity (Wildman–Crippen MR) is 81.6 cm³/mol. The van der Waals surface area contributed by atoms with Crippen molar-refractivity contribution in [1.82, 2.24) is 5.32 Å². The Balaban J connectivity index is 2.62. The van der Waals surface area contributed by atoms with Crippen LogP contribution in [0.4, 0.5) is 5.69 Å². The van der Waals surface area contributed by atoms with E-state index in [0.717, 1.165) is 37.9 Å². The van der Waals surface area contributed by atoms with Crippen LogP contribution >= 0.6 is 0 Å². The second kappa shape index (κ2) is 8.70. The average molecular weight is 262 g/mol. The van der Waals surface area contributed by atoms with Crippen molar-refractivity contribution in [3.8, 4) is 0 Å². The van der Waals surface area contributed by atoms with Crippen molar-refractivity contribution in [2.24, 2.45) is 0 Å². The van der Waals surface area contributed by atoms with E-state index < -0.39 is 0 Å². The molecule has 0 atom stereocenters. The van der Waals surface area contributed by atoms with Gasteiger partial charge in [0.25, 0.3) is 0 Å². The molecular weight excluding hydrogens is 236 g/mol. The first-order chi connectivity index (χ1) is 9.22. The molecule has 0 aliphatic heterocycles. The van der Waals surface area contributed by atoms with Crippen LogP contribution in [0.2, 0.25) is 0 Å². The van der Waals surface area contributed by atoms with Crippen LogP contribution in [0.3, 0.4) is 0 Å². The number of benzene rings is 1. The fourth-order valence-electron chi connectivity index (χ4n) is 2.09. The Bertz CT molecular complexity index is 379. The quantitative estimate of drug-likeness (QED) is 0.707. The van der Waals surface area contributed by atoms with E-state index in [0.29, 0.717) is 6.54 Å². The highest BCUT2D eigenvalue weighted by Gasteiger charge is 2.09. The van der Waals surface area contributed by atoms with Gasteiger partial charge in [-0.1, -0.05) is 45.4 Å². The number of carbonyl (C=O) groups is 1. The fourth-order valence-corrected chi connectivity index (χ4v) is 2.09. The Hall–Kier alpha value is -1.35. The topological polar surface area (TPSA) is 41.1 Å². The largest absolute Gasteiger partial charge is 0.324 e. The lowest BCUT2D eigenvalue weighted by Crippen LogP contribution is -2.29. The number of rotatable bonds is 8. The molecule has 0 spiro atoms. The lowest BCUT2D eigenvalue weighted by Gasteiger charge is -2.14. The van der Waals surface area contributed by atoms with Gasteiger partial charge in [-0.05, 0) is 36.9 Å². The Labute approximate surface area is 116 Å². The van der Waals surface area contributed by atoms with Gasteiger partial charge >= 0.3 is 0 Å². The van der Waals surface area contributed by atoms with Crippen LogP contribution in [-0.2, 0) is 17.6 Å². The highest BCUT2D eigenvalue weighted by molar-refractivity contribution is 5.93. The summed E-state index contributed by atoms with van der Waals surface area (Å²) < 4.78 is 0. The minimum atomic E-state index is 0.0479. The van der Waals surface area contributed by atoms with Gasteiger partial charge in [0.15, 0.2) is 0 Å². The molecule has 3 heteroatoms. The average Bonchev–Trinajstić information content (AvgIpc) is 2.43. The number of hydrogen-bond acceptors (Lipinski definition) is 2. The van der Waals surface area contributed by atoms with Gasteiger partial charge in [0.2, 0.25) is 5.91 Å². The lowest BCUT2D eigenvalue weighted by atomic mass is 10.0. The zero-order valence-electron chi connectivity index (χ0n) is 12.4. The molecule has 0 aliphatic rings. The van der Waals surface area contributed by atoms with E-state index in [4.69, 9.17) is 0 Å². The molecule has 0 unspecified atom stereocenters. The Kier molecular flexibility index (Phi) is 7.19. The van der Waals surface area contributed by atoms with Crippen LogP contribution < -0.4 is 10.6 Å². The zero-order valence-corrected chi connectivity index (χ0v) is 12.4. The summed E-state index contributed by atoms with van der Waals surface area (Å²) in [6.45, 7) is 7.67. The standard InChI is InChI=1S/C16H26N2O/c1-4-7-11-17-12-15(19)18-16-13(5-2)9-8-10-14(16)6-3/h8-10,17H,4-7,11-12H2,1-3H3,(H,18,19). The molecular formula is C16H26N2O. The van der Waals surface area contributed by atoms with E-state index in [1.165, 1.54) is 11.1 Å². The molecule has 0 saturated heterocycles. The molecule has 0 saturated carbocycles. The maximum Gasteiger partial charge on any atom is 0.238 e. The summed E-state index contributed by atoms with van der Waals surface area (Å²) in [5.41, 5.74) is 3.43. The molecule has 1 aromatic rings. The first kappa shape index (κ1) is 15.7. The van der Waals surface area contributed by atoms with Gasteiger partial charge in [-0.25, -0.2) is 0 Å². The van der Waals surface area contributed by atoms with Gasteiger partial charge in [0.1, 0.15) is 0 Å². The van der Waals surface area contributed by atoms with E-state index in [9.17, 15) is 4.79 Å². The number of anilines is 1. The van der Waals surface area contributed by atoms with Crippen LogP contribution in [0.1, 0.15) is 44.7 Å². The van der Waals surface area contributed by atoms with Crippen molar-refractivity contribution in [3.63, 3.8) is 0 Å². The van der Waals surface area contributed by atoms with Crippen molar-refractivity contribution in [2.75, 3.05) is 18.4 Å². The Morgan fingerprint density at radius 3 is 2.26 bits per heavy atom. The monoisotopic (exact) mass is 262 g/mol. The Morgan fingerprint density at radius 2 is 1.74 bits per heavy atom. The van der Waals surface area contributed by atoms with Gasteiger partial charge in [0.05, 0.1) is 6.54 Å². The zero-order chi connectivity index (χ0) is 14.1. The predicted octanol–water partition coefficient (Wildman–Crippen LogP) is 3.14. The summed E-state index contributed by atoms with van der Waals surface area (Å²) in [6, 6.07) is 6.23. The third-order valence-electron chi connectivity index (χ3n) is 3.26. The van der Waals surface area contributed by atoms with Crippen molar-refractivity contribution in [2.45, 2.75) is 46.5 Å². The summed E-state index contributed by atoms with van der Waals surface area (Å²) >= 11 is 0. The molecule has 0 fully saturated rings. The van der Waals surface area contributed by atoms with E-state index in [1.54, 1.807) is 0 Å². The smallest absolute Gasteiger partial charge is 0.238 e. The minimum absolute atomic E-state index is 0.0479. The second-order valence-electron chi connectivity index (χ2n) is 4.74. The third kappa shape index (κ3) is 5.03. The summed E-state index contributed by atoms with van der Waals surface area (Å²) in [5, 5.41) is 6.23. The van der Waals surface area contributed by atoms with Gasteiger partial charge in [0, 0.05) is 5.69 Å². The van der Waals surface area contributed by atoms with Crippen molar-refractivity contribution >= 4 is 11.6 Å². The molecule has 1 aromatic carbocycles. The van der Waals surface area contributed by atoms with Crippen molar-refractivity contribution in [1.29, 1.82) is 0 Å². The number of carbonyl (C=O) groups excluding carboxylic acids is 1. The molecule has 2 N–H and O–H groups in total. The molecule has 106 valence electrons. The number of para-hydroxylation sites is 1. The number of unbranched alkanes of at least 4 members (excludes halogenated alkanes) is 1. The number of amides is 1. The SMILES string of the molecule is CCCCNCC(=O)Nc1c(CC)cccc1CC. The van der Waals surface area contributed by atoms with Crippen LogP contribution in [0, 0.1) is 0 Å². The van der Waals surface area contributed by atoms with E-state index in [1.807, 2.05) is 0 Å². The van der Waals surface area contributed by atoms with Crippen molar-refractivity contribution in [3.05, 3.63) is 29.3 Å². The summed E-state index contributed by atoms with van der Waals surface area (Å²) in [5.74, 6) is 0.0479. The van der Waals surface area contributed by atoms with Crippen LogP contribution in [0.25, 0.3) is 0 Å². The normalized spacial score (nSPS) is 10.5. The molecule has 1 rings (SSSR count). The van der Waals surface area contributed by atoms with Gasteiger partial charge in [-0.15, -0.1) is 0 Å². The molecule has 0 aliphatic carbocycles. The maximum atomic E-state index is 11.9. The molecule has 0 bridgehead atoms.